The highest BCUT2D eigenvalue weighted by Gasteiger charge is 2.65. The highest BCUT2D eigenvalue weighted by atomic mass is 35.5. The number of rotatable bonds is 6. The smallest absolute Gasteiger partial charge is 0.303 e. The average Bonchev–Trinajstić information content (AvgIpc) is 3.33. The lowest BCUT2D eigenvalue weighted by atomic mass is 9.73. The highest BCUT2D eigenvalue weighted by Crippen LogP contribution is 2.53. The maximum absolute atomic E-state index is 12.0. The number of carbonyl (C=O) groups excluding carboxylic acids is 2. The summed E-state index contributed by atoms with van der Waals surface area (Å²) in [6.45, 7) is 3.07. The van der Waals surface area contributed by atoms with Gasteiger partial charge in [0, 0.05) is 26.7 Å². The fourth-order valence-corrected chi connectivity index (χ4v) is 4.84. The Hall–Kier alpha value is -3.08. The quantitative estimate of drug-likeness (QED) is 0.383. The molecule has 0 amide bonds. The van der Waals surface area contributed by atoms with Gasteiger partial charge in [-0.3, -0.25) is 14.2 Å². The maximum Gasteiger partial charge on any atom is 0.303 e. The third-order valence-electron chi connectivity index (χ3n) is 6.11. The standard InChI is InChI=1S/C23H23ClN4O6/c1-13(29)32-18-19(33-14(2)30)23(8-16(9-23)31-10-15-6-4-3-5-7-15)34-22(18)28-12-27-17-20(24)25-11-26-21(17)28/h3-7,11-12,16,18-19,22H,8-10H2,1-2H3/t16-,18-,19+,22-,23+/m1/s1. The third kappa shape index (κ3) is 4.13. The van der Waals surface area contributed by atoms with Gasteiger partial charge in [0.2, 0.25) is 0 Å². The van der Waals surface area contributed by atoms with Gasteiger partial charge in [-0.15, -0.1) is 0 Å². The van der Waals surface area contributed by atoms with Gasteiger partial charge in [-0.05, 0) is 5.56 Å². The van der Waals surface area contributed by atoms with Gasteiger partial charge in [0.25, 0.3) is 0 Å². The molecule has 34 heavy (non-hydrogen) atoms. The molecule has 1 spiro atoms. The minimum atomic E-state index is -0.914. The first-order chi connectivity index (χ1) is 16.4. The zero-order valence-corrected chi connectivity index (χ0v) is 19.3. The summed E-state index contributed by atoms with van der Waals surface area (Å²) in [5.41, 5.74) is 0.976. The molecule has 10 nitrogen and oxygen atoms in total. The van der Waals surface area contributed by atoms with E-state index >= 15 is 0 Å². The van der Waals surface area contributed by atoms with Crippen LogP contribution in [0.2, 0.25) is 5.15 Å². The molecule has 0 radical (unpaired) electrons. The van der Waals surface area contributed by atoms with Crippen LogP contribution >= 0.6 is 11.6 Å². The van der Waals surface area contributed by atoms with E-state index in [2.05, 4.69) is 15.0 Å². The lowest BCUT2D eigenvalue weighted by Gasteiger charge is -2.46. The molecule has 3 aromatic rings. The van der Waals surface area contributed by atoms with Crippen LogP contribution in [0.4, 0.5) is 0 Å². The molecule has 178 valence electrons. The monoisotopic (exact) mass is 486 g/mol. The summed E-state index contributed by atoms with van der Waals surface area (Å²) >= 11 is 6.16. The number of carbonyl (C=O) groups is 2. The van der Waals surface area contributed by atoms with Crippen molar-refractivity contribution in [3.05, 3.63) is 53.7 Å². The molecule has 1 aromatic carbocycles. The van der Waals surface area contributed by atoms with Crippen molar-refractivity contribution >= 4 is 34.7 Å². The van der Waals surface area contributed by atoms with Crippen LogP contribution in [0, 0.1) is 0 Å². The van der Waals surface area contributed by atoms with Crippen molar-refractivity contribution in [2.24, 2.45) is 0 Å². The van der Waals surface area contributed by atoms with E-state index < -0.39 is 36.0 Å². The normalized spacial score (nSPS) is 28.1. The van der Waals surface area contributed by atoms with Crippen molar-refractivity contribution in [3.63, 3.8) is 0 Å². The van der Waals surface area contributed by atoms with E-state index in [0.29, 0.717) is 30.6 Å². The number of hydrogen-bond acceptors (Lipinski definition) is 9. The Bertz CT molecular complexity index is 1210. The second kappa shape index (κ2) is 8.94. The van der Waals surface area contributed by atoms with Crippen molar-refractivity contribution in [3.8, 4) is 0 Å². The summed E-state index contributed by atoms with van der Waals surface area (Å²) in [4.78, 5) is 36.5. The number of imidazole rings is 1. The Morgan fingerprint density at radius 1 is 1.12 bits per heavy atom. The zero-order valence-electron chi connectivity index (χ0n) is 18.6. The first-order valence-corrected chi connectivity index (χ1v) is 11.2. The molecule has 1 aliphatic carbocycles. The Morgan fingerprint density at radius 3 is 2.56 bits per heavy atom. The van der Waals surface area contributed by atoms with Gasteiger partial charge < -0.3 is 18.9 Å². The molecule has 0 bridgehead atoms. The summed E-state index contributed by atoms with van der Waals surface area (Å²) in [6, 6.07) is 9.85. The first kappa shape index (κ1) is 22.7. The van der Waals surface area contributed by atoms with Crippen molar-refractivity contribution in [2.75, 3.05) is 0 Å². The van der Waals surface area contributed by atoms with E-state index in [1.165, 1.54) is 26.5 Å². The molecular weight excluding hydrogens is 464 g/mol. The van der Waals surface area contributed by atoms with E-state index in [9.17, 15) is 9.59 Å². The van der Waals surface area contributed by atoms with E-state index in [0.717, 1.165) is 5.56 Å². The maximum atomic E-state index is 12.0. The summed E-state index contributed by atoms with van der Waals surface area (Å²) in [7, 11) is 0. The predicted molar refractivity (Wildman–Crippen MR) is 119 cm³/mol. The molecule has 0 N–H and O–H groups in total. The number of fused-ring (bicyclic) bond motifs is 1. The van der Waals surface area contributed by atoms with Crippen molar-refractivity contribution < 1.29 is 28.5 Å². The Morgan fingerprint density at radius 2 is 1.85 bits per heavy atom. The molecule has 11 heteroatoms. The number of ether oxygens (including phenoxy) is 4. The Labute approximate surface area is 200 Å². The number of esters is 2. The number of nitrogens with zero attached hydrogens (tertiary/aromatic N) is 4. The molecule has 2 aliphatic rings. The number of hydrogen-bond donors (Lipinski definition) is 0. The van der Waals surface area contributed by atoms with Crippen LogP contribution in [0.1, 0.15) is 38.5 Å². The zero-order chi connectivity index (χ0) is 23.9. The number of aromatic nitrogens is 4. The predicted octanol–water partition coefficient (Wildman–Crippen LogP) is 2.99. The largest absolute Gasteiger partial charge is 0.455 e. The van der Waals surface area contributed by atoms with Crippen molar-refractivity contribution in [1.82, 2.24) is 19.5 Å². The average molecular weight is 487 g/mol. The van der Waals surface area contributed by atoms with E-state index in [1.807, 2.05) is 30.3 Å². The van der Waals surface area contributed by atoms with E-state index in [1.54, 1.807) is 4.57 Å². The van der Waals surface area contributed by atoms with Crippen LogP contribution in [-0.4, -0.2) is 55.4 Å². The first-order valence-electron chi connectivity index (χ1n) is 10.9. The van der Waals surface area contributed by atoms with Gasteiger partial charge >= 0.3 is 11.9 Å². The van der Waals surface area contributed by atoms with E-state index in [-0.39, 0.29) is 11.3 Å². The number of halogens is 1. The van der Waals surface area contributed by atoms with Crippen LogP contribution < -0.4 is 0 Å². The molecular formula is C23H23ClN4O6. The topological polar surface area (TPSA) is 115 Å². The van der Waals surface area contributed by atoms with Gasteiger partial charge in [0.15, 0.2) is 29.2 Å². The molecule has 5 rings (SSSR count). The summed E-state index contributed by atoms with van der Waals surface area (Å²) in [6.07, 6.45) is 1.06. The van der Waals surface area contributed by atoms with Crippen molar-refractivity contribution in [1.29, 1.82) is 0 Å². The molecule has 2 fully saturated rings. The molecule has 1 saturated heterocycles. The van der Waals surface area contributed by atoms with Crippen LogP contribution in [0.25, 0.3) is 11.2 Å². The van der Waals surface area contributed by atoms with Gasteiger partial charge in [0.05, 0.1) is 19.0 Å². The van der Waals surface area contributed by atoms with Gasteiger partial charge in [-0.2, -0.15) is 0 Å². The SMILES string of the molecule is CC(=O)O[C@H]1[C@H](n2cnc3c(Cl)ncnc32)O[C@]2(C[C@@H](OCc3ccccc3)C2)[C@H]1OC(C)=O. The van der Waals surface area contributed by atoms with E-state index in [4.69, 9.17) is 30.5 Å². The fourth-order valence-electron chi connectivity index (χ4n) is 4.66. The molecule has 1 aliphatic heterocycles. The Balaban J connectivity index is 1.43. The molecule has 3 atom stereocenters. The van der Waals surface area contributed by atoms with Crippen LogP contribution in [0.15, 0.2) is 43.0 Å². The van der Waals surface area contributed by atoms with Crippen molar-refractivity contribution in [2.45, 2.75) is 63.4 Å². The second-order valence-electron chi connectivity index (χ2n) is 8.49. The van der Waals surface area contributed by atoms with Gasteiger partial charge in [-0.1, -0.05) is 41.9 Å². The molecule has 0 unspecified atom stereocenters. The van der Waals surface area contributed by atoms with Crippen LogP contribution in [0.3, 0.4) is 0 Å². The highest BCUT2D eigenvalue weighted by molar-refractivity contribution is 6.33. The second-order valence-corrected chi connectivity index (χ2v) is 8.85. The lowest BCUT2D eigenvalue weighted by molar-refractivity contribution is -0.213. The summed E-state index contributed by atoms with van der Waals surface area (Å²) < 4.78 is 25.4. The minimum absolute atomic E-state index is 0.105. The van der Waals surface area contributed by atoms with Gasteiger partial charge in [0.1, 0.15) is 17.4 Å². The fraction of sp³-hybridized carbons (Fsp3) is 0.435. The Kier molecular flexibility index (Phi) is 5.97. The summed E-state index contributed by atoms with van der Waals surface area (Å²) in [5.74, 6) is -1.03. The summed E-state index contributed by atoms with van der Waals surface area (Å²) in [5, 5.41) is 0.190. The third-order valence-corrected chi connectivity index (χ3v) is 6.39. The van der Waals surface area contributed by atoms with Crippen LogP contribution in [-0.2, 0) is 35.1 Å². The lowest BCUT2D eigenvalue weighted by Crippen LogP contribution is -2.57. The van der Waals surface area contributed by atoms with Gasteiger partial charge in [-0.25, -0.2) is 15.0 Å². The molecule has 3 heterocycles. The molecule has 1 saturated carbocycles. The molecule has 2 aromatic heterocycles. The van der Waals surface area contributed by atoms with Crippen LogP contribution in [0.5, 0.6) is 0 Å². The minimum Gasteiger partial charge on any atom is -0.455 e. The number of benzene rings is 1.